The molecular formula is C18H34N2O. The molecule has 3 heteroatoms. The maximum atomic E-state index is 5.84. The molecule has 2 saturated heterocycles. The predicted molar refractivity (Wildman–Crippen MR) is 87.6 cm³/mol. The van der Waals surface area contributed by atoms with Crippen LogP contribution >= 0.6 is 0 Å². The molecule has 21 heavy (non-hydrogen) atoms. The SMILES string of the molecule is CCC(C)C1CNC2(CCCC2)CN1CCC1CCCO1. The monoisotopic (exact) mass is 294 g/mol. The van der Waals surface area contributed by atoms with Crippen LogP contribution in [0.15, 0.2) is 0 Å². The zero-order valence-electron chi connectivity index (χ0n) is 14.1. The molecule has 3 rings (SSSR count). The molecule has 1 spiro atoms. The van der Waals surface area contributed by atoms with Crippen LogP contribution in [0.3, 0.4) is 0 Å². The summed E-state index contributed by atoms with van der Waals surface area (Å²) >= 11 is 0. The van der Waals surface area contributed by atoms with E-state index in [2.05, 4.69) is 24.1 Å². The standard InChI is InChI=1S/C18H34N2O/c1-3-15(2)17-13-19-18(9-4-5-10-18)14-20(17)11-8-16-7-6-12-21-16/h15-17,19H,3-14H2,1-2H3. The number of nitrogens with zero attached hydrogens (tertiary/aromatic N) is 1. The fraction of sp³-hybridized carbons (Fsp3) is 1.00. The number of piperazine rings is 1. The van der Waals surface area contributed by atoms with Crippen LogP contribution in [-0.4, -0.2) is 48.8 Å². The van der Waals surface area contributed by atoms with Crippen molar-refractivity contribution in [2.24, 2.45) is 5.92 Å². The smallest absolute Gasteiger partial charge is 0.0588 e. The van der Waals surface area contributed by atoms with Gasteiger partial charge in [0.05, 0.1) is 6.10 Å². The molecule has 0 aromatic heterocycles. The van der Waals surface area contributed by atoms with Crippen LogP contribution < -0.4 is 5.32 Å². The van der Waals surface area contributed by atoms with Crippen LogP contribution in [0.5, 0.6) is 0 Å². The Labute approximate surface area is 130 Å². The van der Waals surface area contributed by atoms with Gasteiger partial charge in [-0.15, -0.1) is 0 Å². The quantitative estimate of drug-likeness (QED) is 0.843. The summed E-state index contributed by atoms with van der Waals surface area (Å²) in [7, 11) is 0. The van der Waals surface area contributed by atoms with Gasteiger partial charge in [0.2, 0.25) is 0 Å². The van der Waals surface area contributed by atoms with E-state index in [4.69, 9.17) is 4.74 Å². The number of rotatable bonds is 5. The normalized spacial score (nSPS) is 34.6. The van der Waals surface area contributed by atoms with E-state index in [0.29, 0.717) is 11.6 Å². The molecule has 3 fully saturated rings. The minimum atomic E-state index is 0.445. The summed E-state index contributed by atoms with van der Waals surface area (Å²) < 4.78 is 5.84. The highest BCUT2D eigenvalue weighted by Gasteiger charge is 2.42. The van der Waals surface area contributed by atoms with Crippen LogP contribution in [0.1, 0.15) is 65.2 Å². The lowest BCUT2D eigenvalue weighted by atomic mass is 9.87. The maximum absolute atomic E-state index is 5.84. The van der Waals surface area contributed by atoms with Crippen LogP contribution in [0.4, 0.5) is 0 Å². The van der Waals surface area contributed by atoms with E-state index in [1.807, 2.05) is 0 Å². The third kappa shape index (κ3) is 3.62. The summed E-state index contributed by atoms with van der Waals surface area (Å²) in [4.78, 5) is 2.82. The third-order valence-electron chi connectivity index (χ3n) is 6.28. The van der Waals surface area contributed by atoms with Crippen molar-refractivity contribution < 1.29 is 4.74 Å². The summed E-state index contributed by atoms with van der Waals surface area (Å²) in [5.41, 5.74) is 0.445. The van der Waals surface area contributed by atoms with Crippen molar-refractivity contribution in [2.75, 3.05) is 26.2 Å². The minimum absolute atomic E-state index is 0.445. The first-order chi connectivity index (χ1) is 10.2. The van der Waals surface area contributed by atoms with Crippen molar-refractivity contribution in [3.8, 4) is 0 Å². The Bertz CT molecular complexity index is 321. The largest absolute Gasteiger partial charge is 0.378 e. The van der Waals surface area contributed by atoms with Crippen molar-refractivity contribution in [3.05, 3.63) is 0 Å². The van der Waals surface area contributed by atoms with E-state index in [-0.39, 0.29) is 0 Å². The second kappa shape index (κ2) is 6.97. The molecule has 3 nitrogen and oxygen atoms in total. The van der Waals surface area contributed by atoms with Gasteiger partial charge in [-0.2, -0.15) is 0 Å². The molecule has 0 amide bonds. The zero-order valence-corrected chi connectivity index (χ0v) is 14.1. The van der Waals surface area contributed by atoms with E-state index >= 15 is 0 Å². The third-order valence-corrected chi connectivity index (χ3v) is 6.28. The van der Waals surface area contributed by atoms with Crippen molar-refractivity contribution >= 4 is 0 Å². The van der Waals surface area contributed by atoms with Gasteiger partial charge in [0.1, 0.15) is 0 Å². The number of hydrogen-bond acceptors (Lipinski definition) is 3. The Morgan fingerprint density at radius 3 is 2.76 bits per heavy atom. The van der Waals surface area contributed by atoms with Crippen LogP contribution in [0.25, 0.3) is 0 Å². The Hall–Kier alpha value is -0.120. The molecule has 3 unspecified atom stereocenters. The molecule has 2 heterocycles. The van der Waals surface area contributed by atoms with Gasteiger partial charge in [0, 0.05) is 37.8 Å². The van der Waals surface area contributed by atoms with Gasteiger partial charge in [0.25, 0.3) is 0 Å². The zero-order chi connectivity index (χ0) is 14.7. The van der Waals surface area contributed by atoms with E-state index in [1.54, 1.807) is 0 Å². The van der Waals surface area contributed by atoms with E-state index in [0.717, 1.165) is 18.6 Å². The first-order valence-corrected chi connectivity index (χ1v) is 9.33. The van der Waals surface area contributed by atoms with Crippen LogP contribution in [0.2, 0.25) is 0 Å². The van der Waals surface area contributed by atoms with Gasteiger partial charge in [-0.25, -0.2) is 0 Å². The second-order valence-electron chi connectivity index (χ2n) is 7.72. The fourth-order valence-corrected chi connectivity index (χ4v) is 4.66. The average Bonchev–Trinajstić information content (AvgIpc) is 3.17. The highest BCUT2D eigenvalue weighted by molar-refractivity contribution is 5.01. The van der Waals surface area contributed by atoms with Crippen molar-refractivity contribution in [3.63, 3.8) is 0 Å². The molecule has 0 bridgehead atoms. The van der Waals surface area contributed by atoms with Gasteiger partial charge in [0.15, 0.2) is 0 Å². The summed E-state index contributed by atoms with van der Waals surface area (Å²) in [5.74, 6) is 0.792. The lowest BCUT2D eigenvalue weighted by Crippen LogP contribution is -2.64. The second-order valence-corrected chi connectivity index (χ2v) is 7.72. The van der Waals surface area contributed by atoms with Crippen LogP contribution in [-0.2, 0) is 4.74 Å². The summed E-state index contributed by atoms with van der Waals surface area (Å²) in [5, 5.41) is 3.94. The van der Waals surface area contributed by atoms with E-state index in [9.17, 15) is 0 Å². The lowest BCUT2D eigenvalue weighted by Gasteiger charge is -2.48. The summed E-state index contributed by atoms with van der Waals surface area (Å²) in [6.45, 7) is 9.46. The Kier molecular flexibility index (Phi) is 5.23. The minimum Gasteiger partial charge on any atom is -0.378 e. The van der Waals surface area contributed by atoms with Gasteiger partial charge in [-0.3, -0.25) is 4.90 Å². The molecule has 1 N–H and O–H groups in total. The highest BCUT2D eigenvalue weighted by atomic mass is 16.5. The van der Waals surface area contributed by atoms with E-state index < -0.39 is 0 Å². The maximum Gasteiger partial charge on any atom is 0.0588 e. The Balaban J connectivity index is 1.60. The number of nitrogens with one attached hydrogen (secondary N) is 1. The predicted octanol–water partition coefficient (Wildman–Crippen LogP) is 3.19. The molecule has 0 radical (unpaired) electrons. The van der Waals surface area contributed by atoms with Crippen LogP contribution in [0, 0.1) is 5.92 Å². The molecule has 3 aliphatic rings. The fourth-order valence-electron chi connectivity index (χ4n) is 4.66. The molecule has 0 aromatic rings. The van der Waals surface area contributed by atoms with Crippen molar-refractivity contribution in [1.82, 2.24) is 10.2 Å². The molecule has 0 aromatic carbocycles. The summed E-state index contributed by atoms with van der Waals surface area (Å²) in [6.07, 6.45) is 11.2. The first kappa shape index (κ1) is 15.8. The van der Waals surface area contributed by atoms with Crippen molar-refractivity contribution in [1.29, 1.82) is 0 Å². The molecule has 3 atom stereocenters. The average molecular weight is 294 g/mol. The number of hydrogen-bond donors (Lipinski definition) is 1. The van der Waals surface area contributed by atoms with Gasteiger partial charge in [-0.05, 0) is 38.0 Å². The molecular weight excluding hydrogens is 260 g/mol. The lowest BCUT2D eigenvalue weighted by molar-refractivity contribution is 0.0316. The molecule has 1 saturated carbocycles. The van der Waals surface area contributed by atoms with Gasteiger partial charge >= 0.3 is 0 Å². The number of ether oxygens (including phenoxy) is 1. The highest BCUT2D eigenvalue weighted by Crippen LogP contribution is 2.35. The summed E-state index contributed by atoms with van der Waals surface area (Å²) in [6, 6.07) is 0.725. The van der Waals surface area contributed by atoms with Crippen molar-refractivity contribution in [2.45, 2.75) is 82.9 Å². The Morgan fingerprint density at radius 2 is 2.10 bits per heavy atom. The first-order valence-electron chi connectivity index (χ1n) is 9.33. The molecule has 2 aliphatic heterocycles. The van der Waals surface area contributed by atoms with Gasteiger partial charge in [-0.1, -0.05) is 33.1 Å². The topological polar surface area (TPSA) is 24.5 Å². The Morgan fingerprint density at radius 1 is 1.29 bits per heavy atom. The van der Waals surface area contributed by atoms with E-state index in [1.165, 1.54) is 71.0 Å². The molecule has 122 valence electrons. The van der Waals surface area contributed by atoms with Gasteiger partial charge < -0.3 is 10.1 Å². The molecule has 1 aliphatic carbocycles.